The molecule has 2 aliphatic rings. The molecule has 34 heavy (non-hydrogen) atoms. The van der Waals surface area contributed by atoms with E-state index in [9.17, 15) is 9.59 Å². The molecule has 0 aromatic carbocycles. The number of anilines is 1. The van der Waals surface area contributed by atoms with Crippen LogP contribution in [0, 0.1) is 5.41 Å². The van der Waals surface area contributed by atoms with Gasteiger partial charge in [-0.3, -0.25) is 9.59 Å². The van der Waals surface area contributed by atoms with Crippen LogP contribution in [0.5, 0.6) is 5.88 Å². The lowest BCUT2D eigenvalue weighted by molar-refractivity contribution is -0.162. The predicted molar refractivity (Wildman–Crippen MR) is 126 cm³/mol. The third-order valence-corrected chi connectivity index (χ3v) is 6.95. The monoisotopic (exact) mass is 463 g/mol. The van der Waals surface area contributed by atoms with Gasteiger partial charge in [-0.2, -0.15) is 5.10 Å². The van der Waals surface area contributed by atoms with Crippen LogP contribution in [0.2, 0.25) is 0 Å². The molecule has 10 heteroatoms. The second-order valence-electron chi connectivity index (χ2n) is 9.73. The number of rotatable bonds is 5. The Bertz CT molecular complexity index is 1260. The van der Waals surface area contributed by atoms with Crippen LogP contribution in [0.4, 0.5) is 5.82 Å². The first-order valence-corrected chi connectivity index (χ1v) is 11.5. The Balaban J connectivity index is 1.34. The van der Waals surface area contributed by atoms with Crippen LogP contribution in [0.1, 0.15) is 49.9 Å². The highest BCUT2D eigenvalue weighted by atomic mass is 16.5. The van der Waals surface area contributed by atoms with Crippen molar-refractivity contribution in [3.63, 3.8) is 0 Å². The average molecular weight is 464 g/mol. The fraction of sp³-hybridized carbons (Fsp3) is 0.458. The molecule has 0 spiro atoms. The fourth-order valence-electron chi connectivity index (χ4n) is 5.08. The normalized spacial score (nSPS) is 21.9. The number of nitrogens with two attached hydrogens (primary N) is 1. The van der Waals surface area contributed by atoms with Gasteiger partial charge < -0.3 is 20.7 Å². The molecule has 1 saturated carbocycles. The van der Waals surface area contributed by atoms with Crippen molar-refractivity contribution < 1.29 is 14.3 Å². The van der Waals surface area contributed by atoms with E-state index in [0.717, 1.165) is 37.8 Å². The quantitative estimate of drug-likeness (QED) is 0.556. The lowest BCUT2D eigenvalue weighted by atomic mass is 9.79. The molecule has 178 valence electrons. The van der Waals surface area contributed by atoms with Crippen molar-refractivity contribution >= 4 is 23.1 Å². The third kappa shape index (κ3) is 3.72. The smallest absolute Gasteiger partial charge is 0.253 e. The van der Waals surface area contributed by atoms with Crippen molar-refractivity contribution in [3.05, 3.63) is 36.3 Å². The van der Waals surface area contributed by atoms with E-state index in [1.54, 1.807) is 30.0 Å². The number of carbonyl (C=O) groups is 2. The molecule has 2 amide bonds. The van der Waals surface area contributed by atoms with Crippen LogP contribution in [-0.2, 0) is 4.79 Å². The maximum Gasteiger partial charge on any atom is 0.253 e. The number of aromatic nitrogens is 4. The van der Waals surface area contributed by atoms with E-state index in [-0.39, 0.29) is 35.1 Å². The zero-order chi connectivity index (χ0) is 24.0. The summed E-state index contributed by atoms with van der Waals surface area (Å²) in [5, 5.41) is 7.50. The lowest BCUT2D eigenvalue weighted by Gasteiger charge is -2.50. The van der Waals surface area contributed by atoms with E-state index < -0.39 is 0 Å². The number of nitrogens with zero attached hydrogens (tertiary/aromatic N) is 5. The number of amides is 2. The summed E-state index contributed by atoms with van der Waals surface area (Å²) in [7, 11) is 1.55. The van der Waals surface area contributed by atoms with Crippen LogP contribution in [0.25, 0.3) is 16.8 Å². The van der Waals surface area contributed by atoms with E-state index in [1.807, 2.05) is 24.8 Å². The number of hydrogen-bond acceptors (Lipinski definition) is 7. The molecule has 5 rings (SSSR count). The first-order valence-electron chi connectivity index (χ1n) is 11.5. The summed E-state index contributed by atoms with van der Waals surface area (Å²) in [4.78, 5) is 35.9. The third-order valence-electron chi connectivity index (χ3n) is 6.95. The summed E-state index contributed by atoms with van der Waals surface area (Å²) in [6.45, 7) is 4.79. The molecular weight excluding hydrogens is 434 g/mol. The van der Waals surface area contributed by atoms with E-state index >= 15 is 0 Å². The molecule has 0 bridgehead atoms. The summed E-state index contributed by atoms with van der Waals surface area (Å²) >= 11 is 0. The minimum atomic E-state index is -0.236. The van der Waals surface area contributed by atoms with E-state index in [2.05, 4.69) is 20.4 Å². The summed E-state index contributed by atoms with van der Waals surface area (Å²) in [6, 6.07) is 5.68. The van der Waals surface area contributed by atoms with Crippen molar-refractivity contribution in [1.29, 1.82) is 0 Å². The van der Waals surface area contributed by atoms with Crippen molar-refractivity contribution in [2.45, 2.75) is 51.6 Å². The predicted octanol–water partition coefficient (Wildman–Crippen LogP) is 2.29. The Morgan fingerprint density at radius 2 is 1.97 bits per heavy atom. The van der Waals surface area contributed by atoms with Crippen molar-refractivity contribution in [3.8, 4) is 17.1 Å². The molecule has 2 fully saturated rings. The first-order chi connectivity index (χ1) is 16.3. The van der Waals surface area contributed by atoms with Crippen LogP contribution >= 0.6 is 0 Å². The van der Waals surface area contributed by atoms with Crippen LogP contribution in [0.15, 0.2) is 30.7 Å². The van der Waals surface area contributed by atoms with Gasteiger partial charge >= 0.3 is 0 Å². The van der Waals surface area contributed by atoms with Gasteiger partial charge in [-0.05, 0) is 51.7 Å². The van der Waals surface area contributed by atoms with Gasteiger partial charge in [0.2, 0.25) is 11.8 Å². The molecular formula is C24H29N7O3. The summed E-state index contributed by atoms with van der Waals surface area (Å²) < 4.78 is 6.87. The lowest BCUT2D eigenvalue weighted by Crippen LogP contribution is -2.62. The van der Waals surface area contributed by atoms with Gasteiger partial charge in [0.1, 0.15) is 11.8 Å². The fourth-order valence-corrected chi connectivity index (χ4v) is 5.08. The summed E-state index contributed by atoms with van der Waals surface area (Å²) in [5.74, 6) is 0.711. The molecule has 3 aromatic rings. The number of carbonyl (C=O) groups excluding carboxylic acids is 2. The largest absolute Gasteiger partial charge is 0.481 e. The Morgan fingerprint density at radius 3 is 2.65 bits per heavy atom. The van der Waals surface area contributed by atoms with Crippen molar-refractivity contribution in [2.24, 2.45) is 5.41 Å². The molecule has 0 radical (unpaired) electrons. The number of β-lactam (4-membered cyclic amide) rings is 1. The molecule has 1 aliphatic heterocycles. The molecule has 3 aromatic heterocycles. The average Bonchev–Trinajstić information content (AvgIpc) is 3.24. The Hall–Kier alpha value is -3.69. The molecule has 4 heterocycles. The van der Waals surface area contributed by atoms with E-state index in [1.165, 1.54) is 6.33 Å². The van der Waals surface area contributed by atoms with Crippen LogP contribution in [-0.4, -0.2) is 62.0 Å². The Morgan fingerprint density at radius 1 is 1.21 bits per heavy atom. The highest BCUT2D eigenvalue weighted by Gasteiger charge is 2.47. The number of hydrogen-bond donors (Lipinski definition) is 2. The zero-order valence-corrected chi connectivity index (χ0v) is 19.6. The molecule has 1 saturated heterocycles. The summed E-state index contributed by atoms with van der Waals surface area (Å²) in [5.41, 5.74) is 8.29. The highest BCUT2D eigenvalue weighted by molar-refractivity contribution is 6.05. The minimum Gasteiger partial charge on any atom is -0.481 e. The Kier molecular flexibility index (Phi) is 5.38. The molecule has 0 atom stereocenters. The molecule has 0 unspecified atom stereocenters. The van der Waals surface area contributed by atoms with Gasteiger partial charge in [-0.1, -0.05) is 0 Å². The van der Waals surface area contributed by atoms with Crippen LogP contribution in [0.3, 0.4) is 0 Å². The van der Waals surface area contributed by atoms with E-state index in [0.29, 0.717) is 22.7 Å². The Labute approximate surface area is 197 Å². The van der Waals surface area contributed by atoms with Gasteiger partial charge in [-0.15, -0.1) is 0 Å². The minimum absolute atomic E-state index is 0.0402. The number of nitrogens with one attached hydrogen (secondary N) is 1. The number of ether oxygens (including phenoxy) is 1. The standard InChI is InChI=1S/C24H29N7O3/c1-24(2)12-30(23(24)33)16-6-4-15(5-7-16)29-22(32)17-11-18(14-8-9-26-19(10-14)34-3)31-20(17)21(25)27-13-28-31/h8-11,13,15-16H,4-7,12H2,1-3H3,(H,29,32)(H2,25,27,28). The molecule has 1 aliphatic carbocycles. The SMILES string of the molecule is COc1cc(-c2cc(C(=O)NC3CCC(N4CC(C)(C)C4=O)CC3)c3c(N)ncnn23)ccn1. The maximum absolute atomic E-state index is 13.3. The summed E-state index contributed by atoms with van der Waals surface area (Å²) in [6.07, 6.45) is 6.43. The highest BCUT2D eigenvalue weighted by Crippen LogP contribution is 2.37. The maximum atomic E-state index is 13.3. The van der Waals surface area contributed by atoms with Gasteiger partial charge in [0.05, 0.1) is 23.8 Å². The van der Waals surface area contributed by atoms with Gasteiger partial charge in [0, 0.05) is 36.5 Å². The first kappa shape index (κ1) is 22.1. The second-order valence-corrected chi connectivity index (χ2v) is 9.73. The molecule has 3 N–H and O–H groups in total. The number of methoxy groups -OCH3 is 1. The number of pyridine rings is 1. The number of fused-ring (bicyclic) bond motifs is 1. The van der Waals surface area contributed by atoms with Gasteiger partial charge in [0.25, 0.3) is 5.91 Å². The number of likely N-dealkylation sites (tertiary alicyclic amines) is 1. The van der Waals surface area contributed by atoms with Crippen LogP contribution < -0.4 is 15.8 Å². The molecule has 10 nitrogen and oxygen atoms in total. The number of nitrogen functional groups attached to an aromatic ring is 1. The van der Waals surface area contributed by atoms with Crippen molar-refractivity contribution in [1.82, 2.24) is 29.8 Å². The second kappa shape index (κ2) is 8.27. The van der Waals surface area contributed by atoms with Crippen molar-refractivity contribution in [2.75, 3.05) is 19.4 Å². The zero-order valence-electron chi connectivity index (χ0n) is 19.6. The van der Waals surface area contributed by atoms with Gasteiger partial charge in [0.15, 0.2) is 5.82 Å². The topological polar surface area (TPSA) is 128 Å². The van der Waals surface area contributed by atoms with E-state index in [4.69, 9.17) is 10.5 Å². The van der Waals surface area contributed by atoms with Gasteiger partial charge in [-0.25, -0.2) is 14.5 Å².